The van der Waals surface area contributed by atoms with Gasteiger partial charge in [-0.3, -0.25) is 0 Å². The fraction of sp³-hybridized carbons (Fsp3) is 0.500. The van der Waals surface area contributed by atoms with Gasteiger partial charge in [-0.05, 0) is 19.1 Å². The molecule has 0 saturated carbocycles. The van der Waals surface area contributed by atoms with Crippen LogP contribution >= 0.6 is 0 Å². The highest BCUT2D eigenvalue weighted by Gasteiger charge is 2.30. The van der Waals surface area contributed by atoms with Gasteiger partial charge in [0.25, 0.3) is 0 Å². The van der Waals surface area contributed by atoms with E-state index in [9.17, 15) is 8.42 Å². The predicted molar refractivity (Wildman–Crippen MR) is 111 cm³/mol. The molecule has 8 nitrogen and oxygen atoms in total. The molecule has 2 aromatic rings. The van der Waals surface area contributed by atoms with Gasteiger partial charge in [0.2, 0.25) is 10.0 Å². The maximum Gasteiger partial charge on any atom is 0.243 e. The average Bonchev–Trinajstić information content (AvgIpc) is 2.72. The first kappa shape index (κ1) is 21.3. The Morgan fingerprint density at radius 2 is 1.62 bits per heavy atom. The van der Waals surface area contributed by atoms with E-state index in [4.69, 9.17) is 9.47 Å². The summed E-state index contributed by atoms with van der Waals surface area (Å²) in [4.78, 5) is 11.5. The van der Waals surface area contributed by atoms with E-state index in [1.54, 1.807) is 12.1 Å². The summed E-state index contributed by atoms with van der Waals surface area (Å²) in [7, 11) is -0.610. The second-order valence-corrected chi connectivity index (χ2v) is 9.23. The number of piperazine rings is 1. The summed E-state index contributed by atoms with van der Waals surface area (Å²) >= 11 is 0. The van der Waals surface area contributed by atoms with Crippen LogP contribution in [0.25, 0.3) is 0 Å². The van der Waals surface area contributed by atoms with Crippen molar-refractivity contribution in [2.24, 2.45) is 0 Å². The first-order valence-corrected chi connectivity index (χ1v) is 11.0. The number of anilines is 1. The molecule has 0 aliphatic carbocycles. The Bertz CT molecular complexity index is 970. The molecule has 1 aliphatic rings. The monoisotopic (exact) mass is 420 g/mol. The largest absolute Gasteiger partial charge is 0.493 e. The number of hydrogen-bond donors (Lipinski definition) is 0. The van der Waals surface area contributed by atoms with Crippen molar-refractivity contribution in [1.82, 2.24) is 14.3 Å². The number of benzene rings is 1. The summed E-state index contributed by atoms with van der Waals surface area (Å²) in [6, 6.07) is 6.61. The van der Waals surface area contributed by atoms with Crippen LogP contribution in [0.1, 0.15) is 31.3 Å². The normalized spacial score (nSPS) is 15.6. The Morgan fingerprint density at radius 3 is 2.21 bits per heavy atom. The van der Waals surface area contributed by atoms with Gasteiger partial charge in [-0.2, -0.15) is 4.31 Å². The molecule has 0 radical (unpaired) electrons. The highest BCUT2D eigenvalue weighted by Crippen LogP contribution is 2.31. The highest BCUT2D eigenvalue weighted by atomic mass is 32.2. The number of ether oxygens (including phenoxy) is 2. The van der Waals surface area contributed by atoms with Gasteiger partial charge < -0.3 is 14.4 Å². The molecule has 1 saturated heterocycles. The van der Waals surface area contributed by atoms with E-state index in [-0.39, 0.29) is 10.8 Å². The van der Waals surface area contributed by atoms with Crippen molar-refractivity contribution >= 4 is 15.8 Å². The van der Waals surface area contributed by atoms with Crippen molar-refractivity contribution in [1.29, 1.82) is 0 Å². The zero-order chi connectivity index (χ0) is 21.2. The molecule has 158 valence electrons. The van der Waals surface area contributed by atoms with Gasteiger partial charge in [0.05, 0.1) is 19.1 Å². The van der Waals surface area contributed by atoms with E-state index in [0.717, 1.165) is 17.3 Å². The molecule has 2 heterocycles. The quantitative estimate of drug-likeness (QED) is 0.709. The third kappa shape index (κ3) is 4.45. The number of sulfonamides is 1. The van der Waals surface area contributed by atoms with Crippen molar-refractivity contribution in [3.63, 3.8) is 0 Å². The van der Waals surface area contributed by atoms with Gasteiger partial charge in [-0.1, -0.05) is 13.8 Å². The van der Waals surface area contributed by atoms with E-state index < -0.39 is 10.0 Å². The van der Waals surface area contributed by atoms with Crippen LogP contribution in [-0.2, 0) is 10.0 Å². The first-order valence-electron chi connectivity index (χ1n) is 9.59. The Morgan fingerprint density at radius 1 is 0.966 bits per heavy atom. The molecule has 0 spiro atoms. The van der Waals surface area contributed by atoms with Crippen LogP contribution in [0.4, 0.5) is 5.82 Å². The van der Waals surface area contributed by atoms with Crippen molar-refractivity contribution < 1.29 is 17.9 Å². The smallest absolute Gasteiger partial charge is 0.243 e. The molecule has 0 unspecified atom stereocenters. The second kappa shape index (κ2) is 8.54. The standard InChI is InChI=1S/C20H28N4O4S/c1-14(2)20-21-15(3)12-19(22-20)23-8-10-24(11-9-23)29(25,26)16-6-7-17(27-4)18(13-16)28-5/h6-7,12-14H,8-11H2,1-5H3. The Balaban J connectivity index is 1.77. The number of aromatic nitrogens is 2. The van der Waals surface area contributed by atoms with Crippen molar-refractivity contribution in [2.45, 2.75) is 31.6 Å². The van der Waals surface area contributed by atoms with E-state index in [0.29, 0.717) is 37.7 Å². The van der Waals surface area contributed by atoms with Crippen LogP contribution in [0, 0.1) is 6.92 Å². The number of methoxy groups -OCH3 is 2. The van der Waals surface area contributed by atoms with Gasteiger partial charge in [-0.25, -0.2) is 18.4 Å². The molecule has 0 N–H and O–H groups in total. The summed E-state index contributed by atoms with van der Waals surface area (Å²) in [5, 5.41) is 0. The summed E-state index contributed by atoms with van der Waals surface area (Å²) in [5.74, 6) is 2.78. The summed E-state index contributed by atoms with van der Waals surface area (Å²) in [5.41, 5.74) is 0.916. The van der Waals surface area contributed by atoms with Crippen molar-refractivity contribution in [3.05, 3.63) is 35.8 Å². The molecule has 29 heavy (non-hydrogen) atoms. The molecule has 0 atom stereocenters. The minimum absolute atomic E-state index is 0.198. The van der Waals surface area contributed by atoms with Crippen LogP contribution in [0.5, 0.6) is 11.5 Å². The van der Waals surface area contributed by atoms with Crippen molar-refractivity contribution in [2.75, 3.05) is 45.3 Å². The van der Waals surface area contributed by atoms with Crippen LogP contribution in [0.2, 0.25) is 0 Å². The average molecular weight is 421 g/mol. The van der Waals surface area contributed by atoms with Gasteiger partial charge in [0.1, 0.15) is 11.6 Å². The molecule has 1 aliphatic heterocycles. The van der Waals surface area contributed by atoms with Gasteiger partial charge >= 0.3 is 0 Å². The summed E-state index contributed by atoms with van der Waals surface area (Å²) in [6.45, 7) is 7.99. The van der Waals surface area contributed by atoms with Gasteiger partial charge in [0.15, 0.2) is 11.5 Å². The highest BCUT2D eigenvalue weighted by molar-refractivity contribution is 7.89. The number of aryl methyl sites for hydroxylation is 1. The first-order chi connectivity index (χ1) is 13.8. The minimum atomic E-state index is -3.62. The van der Waals surface area contributed by atoms with Crippen molar-refractivity contribution in [3.8, 4) is 11.5 Å². The number of hydrogen-bond acceptors (Lipinski definition) is 7. The van der Waals surface area contributed by atoms with E-state index in [1.807, 2.05) is 13.0 Å². The lowest BCUT2D eigenvalue weighted by Crippen LogP contribution is -2.49. The molecule has 9 heteroatoms. The SMILES string of the molecule is COc1ccc(S(=O)(=O)N2CCN(c3cc(C)nc(C(C)C)n3)CC2)cc1OC. The molecule has 0 amide bonds. The minimum Gasteiger partial charge on any atom is -0.493 e. The fourth-order valence-corrected chi connectivity index (χ4v) is 4.72. The summed E-state index contributed by atoms with van der Waals surface area (Å²) in [6.07, 6.45) is 0. The third-order valence-electron chi connectivity index (χ3n) is 4.93. The van der Waals surface area contributed by atoms with E-state index in [2.05, 4.69) is 28.7 Å². The Labute approximate surface area is 172 Å². The zero-order valence-corrected chi connectivity index (χ0v) is 18.4. The molecule has 3 rings (SSSR count). The van der Waals surface area contributed by atoms with Crippen LogP contribution < -0.4 is 14.4 Å². The molecule has 1 fully saturated rings. The lowest BCUT2D eigenvalue weighted by atomic mass is 10.2. The maximum atomic E-state index is 13.1. The molecular weight excluding hydrogens is 392 g/mol. The van der Waals surface area contributed by atoms with Crippen LogP contribution in [0.15, 0.2) is 29.2 Å². The fourth-order valence-electron chi connectivity index (χ4n) is 3.28. The molecular formula is C20H28N4O4S. The second-order valence-electron chi connectivity index (χ2n) is 7.29. The van der Waals surface area contributed by atoms with Crippen LogP contribution in [0.3, 0.4) is 0 Å². The van der Waals surface area contributed by atoms with Gasteiger partial charge in [0, 0.05) is 49.9 Å². The Kier molecular flexibility index (Phi) is 6.28. The zero-order valence-electron chi connectivity index (χ0n) is 17.5. The third-order valence-corrected chi connectivity index (χ3v) is 6.82. The van der Waals surface area contributed by atoms with Crippen LogP contribution in [-0.4, -0.2) is 63.1 Å². The molecule has 0 bridgehead atoms. The van der Waals surface area contributed by atoms with Gasteiger partial charge in [-0.15, -0.1) is 0 Å². The van der Waals surface area contributed by atoms with E-state index in [1.165, 1.54) is 24.6 Å². The lowest BCUT2D eigenvalue weighted by Gasteiger charge is -2.35. The number of rotatable bonds is 6. The lowest BCUT2D eigenvalue weighted by molar-refractivity contribution is 0.353. The number of nitrogens with zero attached hydrogens (tertiary/aromatic N) is 4. The van der Waals surface area contributed by atoms with E-state index >= 15 is 0 Å². The predicted octanol–water partition coefficient (Wildman–Crippen LogP) is 2.44. The molecule has 1 aromatic heterocycles. The Hall–Kier alpha value is -2.39. The summed E-state index contributed by atoms with van der Waals surface area (Å²) < 4.78 is 38.1. The maximum absolute atomic E-state index is 13.1. The topological polar surface area (TPSA) is 84.9 Å². The molecule has 1 aromatic carbocycles.